The van der Waals surface area contributed by atoms with E-state index in [-0.39, 0.29) is 12.8 Å². The summed E-state index contributed by atoms with van der Waals surface area (Å²) < 4.78 is 11.1. The fourth-order valence-corrected chi connectivity index (χ4v) is 10.1. The standard InChI is InChI=1S/C62H119NO10/c1-3-5-7-9-11-13-15-17-19-20-21-22-23-24-25-26-27-28-29-30-31-32-33-34-36-37-39-41-43-45-47-49-54(65)57(67)53(52-72-62-60(70)59(69)58(68)56(51-64)73-62)63-61(71)55(66)50-48-46-44-42-40-38-35-18-16-14-12-10-8-6-4-2/h35,38,41,43,53-60,62,64-70H,3-34,36-37,39-40,42,44-52H2,1-2H3,(H,63,71)/b38-35-,43-41+. The summed E-state index contributed by atoms with van der Waals surface area (Å²) in [6.07, 6.45) is 51.2. The Morgan fingerprint density at radius 1 is 0.466 bits per heavy atom. The van der Waals surface area contributed by atoms with Crippen LogP contribution in [0.4, 0.5) is 0 Å². The number of hydrogen-bond acceptors (Lipinski definition) is 10. The van der Waals surface area contributed by atoms with Crippen LogP contribution >= 0.6 is 0 Å². The second-order valence-corrected chi connectivity index (χ2v) is 22.1. The van der Waals surface area contributed by atoms with Gasteiger partial charge in [0.2, 0.25) is 5.91 Å². The zero-order chi connectivity index (χ0) is 53.3. The first-order valence-electron chi connectivity index (χ1n) is 31.2. The lowest BCUT2D eigenvalue weighted by molar-refractivity contribution is -0.303. The SMILES string of the molecule is CCCCCCCCC/C=C\CCCCCCC(O)C(=O)NC(COC1OC(CO)C(O)C(O)C1O)C(O)C(O)CCC/C=C/CCCCCCCCCCCCCCCCCCCCCCCCCCCC. The van der Waals surface area contributed by atoms with Crippen LogP contribution in [0.25, 0.3) is 0 Å². The van der Waals surface area contributed by atoms with Gasteiger partial charge in [0.15, 0.2) is 6.29 Å². The van der Waals surface area contributed by atoms with E-state index in [1.807, 2.05) is 0 Å². The fourth-order valence-electron chi connectivity index (χ4n) is 10.1. The molecule has 0 aromatic rings. The number of rotatable bonds is 54. The number of hydrogen-bond donors (Lipinski definition) is 8. The van der Waals surface area contributed by atoms with Crippen molar-refractivity contribution in [3.8, 4) is 0 Å². The zero-order valence-electron chi connectivity index (χ0n) is 47.4. The van der Waals surface area contributed by atoms with Gasteiger partial charge in [0.25, 0.3) is 0 Å². The van der Waals surface area contributed by atoms with Gasteiger partial charge in [0.05, 0.1) is 25.4 Å². The second kappa shape index (κ2) is 51.4. The number of carbonyl (C=O) groups excluding carboxylic acids is 1. The van der Waals surface area contributed by atoms with Gasteiger partial charge in [-0.2, -0.15) is 0 Å². The number of amides is 1. The Labute approximate surface area is 448 Å². The first-order valence-corrected chi connectivity index (χ1v) is 31.2. The maximum Gasteiger partial charge on any atom is 0.249 e. The van der Waals surface area contributed by atoms with E-state index in [2.05, 4.69) is 43.5 Å². The van der Waals surface area contributed by atoms with E-state index in [0.29, 0.717) is 12.8 Å². The normalized spacial score (nSPS) is 20.0. The molecular weight excluding hydrogens is 919 g/mol. The molecule has 432 valence electrons. The van der Waals surface area contributed by atoms with Crippen molar-refractivity contribution in [1.29, 1.82) is 0 Å². The summed E-state index contributed by atoms with van der Waals surface area (Å²) in [5.74, 6) is -0.712. The van der Waals surface area contributed by atoms with Crippen molar-refractivity contribution >= 4 is 5.91 Å². The third-order valence-electron chi connectivity index (χ3n) is 15.2. The molecule has 0 radical (unpaired) electrons. The highest BCUT2D eigenvalue weighted by molar-refractivity contribution is 5.80. The van der Waals surface area contributed by atoms with E-state index in [1.54, 1.807) is 0 Å². The Morgan fingerprint density at radius 3 is 1.18 bits per heavy atom. The average molecular weight is 1040 g/mol. The van der Waals surface area contributed by atoms with Gasteiger partial charge in [-0.3, -0.25) is 4.79 Å². The summed E-state index contributed by atoms with van der Waals surface area (Å²) in [6, 6.07) is -1.19. The molecule has 9 unspecified atom stereocenters. The molecule has 0 aliphatic carbocycles. The Balaban J connectivity index is 2.23. The van der Waals surface area contributed by atoms with E-state index in [1.165, 1.54) is 205 Å². The summed E-state index contributed by atoms with van der Waals surface area (Å²) in [5, 5.41) is 76.1. The summed E-state index contributed by atoms with van der Waals surface area (Å²) in [7, 11) is 0. The molecule has 0 bridgehead atoms. The molecule has 1 amide bonds. The van der Waals surface area contributed by atoms with Crippen LogP contribution < -0.4 is 5.32 Å². The van der Waals surface area contributed by atoms with Crippen LogP contribution in [0.2, 0.25) is 0 Å². The summed E-state index contributed by atoms with van der Waals surface area (Å²) in [5.41, 5.74) is 0. The zero-order valence-corrected chi connectivity index (χ0v) is 47.4. The lowest BCUT2D eigenvalue weighted by Crippen LogP contribution is -2.60. The minimum atomic E-state index is -1.67. The van der Waals surface area contributed by atoms with Crippen LogP contribution in [0.1, 0.15) is 296 Å². The number of ether oxygens (including phenoxy) is 2. The number of unbranched alkanes of at least 4 members (excludes halogenated alkanes) is 38. The fraction of sp³-hybridized carbons (Fsp3) is 0.919. The summed E-state index contributed by atoms with van der Waals surface area (Å²) in [4.78, 5) is 13.2. The Morgan fingerprint density at radius 2 is 0.808 bits per heavy atom. The van der Waals surface area contributed by atoms with Crippen molar-refractivity contribution < 1.29 is 50.0 Å². The molecule has 1 rings (SSSR count). The van der Waals surface area contributed by atoms with Crippen LogP contribution in [-0.4, -0.2) is 110 Å². The minimum absolute atomic E-state index is 0.241. The highest BCUT2D eigenvalue weighted by Gasteiger charge is 2.44. The van der Waals surface area contributed by atoms with Gasteiger partial charge in [-0.25, -0.2) is 0 Å². The molecule has 0 aromatic heterocycles. The van der Waals surface area contributed by atoms with Gasteiger partial charge in [-0.1, -0.05) is 256 Å². The largest absolute Gasteiger partial charge is 0.394 e. The lowest BCUT2D eigenvalue weighted by Gasteiger charge is -2.40. The number of allylic oxidation sites excluding steroid dienone is 4. The van der Waals surface area contributed by atoms with E-state index >= 15 is 0 Å². The number of aliphatic hydroxyl groups excluding tert-OH is 7. The molecule has 0 saturated carbocycles. The van der Waals surface area contributed by atoms with Gasteiger partial charge in [0.1, 0.15) is 36.6 Å². The van der Waals surface area contributed by atoms with Gasteiger partial charge in [-0.05, 0) is 64.2 Å². The van der Waals surface area contributed by atoms with Crippen LogP contribution in [0, 0.1) is 0 Å². The van der Waals surface area contributed by atoms with E-state index in [9.17, 15) is 40.5 Å². The van der Waals surface area contributed by atoms with E-state index in [0.717, 1.165) is 51.4 Å². The summed E-state index contributed by atoms with van der Waals surface area (Å²) in [6.45, 7) is 3.46. The summed E-state index contributed by atoms with van der Waals surface area (Å²) >= 11 is 0. The van der Waals surface area contributed by atoms with Crippen molar-refractivity contribution in [3.05, 3.63) is 24.3 Å². The van der Waals surface area contributed by atoms with Crippen LogP contribution in [0.3, 0.4) is 0 Å². The van der Waals surface area contributed by atoms with Crippen LogP contribution in [-0.2, 0) is 14.3 Å². The molecule has 1 aliphatic rings. The second-order valence-electron chi connectivity index (χ2n) is 22.1. The molecule has 8 N–H and O–H groups in total. The average Bonchev–Trinajstić information content (AvgIpc) is 3.39. The van der Waals surface area contributed by atoms with Crippen LogP contribution in [0.15, 0.2) is 24.3 Å². The Bertz CT molecular complexity index is 1240. The molecule has 11 nitrogen and oxygen atoms in total. The Hall–Kier alpha value is -1.41. The Kier molecular flexibility index (Phi) is 49.0. The van der Waals surface area contributed by atoms with Crippen molar-refractivity contribution in [2.75, 3.05) is 13.2 Å². The maximum atomic E-state index is 13.2. The lowest BCUT2D eigenvalue weighted by atomic mass is 9.98. The highest BCUT2D eigenvalue weighted by atomic mass is 16.7. The molecular formula is C62H119NO10. The van der Waals surface area contributed by atoms with E-state index < -0.39 is 74.2 Å². The molecule has 1 saturated heterocycles. The van der Waals surface area contributed by atoms with Gasteiger partial charge in [-0.15, -0.1) is 0 Å². The van der Waals surface area contributed by atoms with Gasteiger partial charge >= 0.3 is 0 Å². The first kappa shape index (κ1) is 69.6. The monoisotopic (exact) mass is 1040 g/mol. The van der Waals surface area contributed by atoms with Crippen molar-refractivity contribution in [3.63, 3.8) is 0 Å². The third kappa shape index (κ3) is 39.6. The molecule has 0 spiro atoms. The quantitative estimate of drug-likeness (QED) is 0.0215. The predicted molar refractivity (Wildman–Crippen MR) is 302 cm³/mol. The molecule has 1 aliphatic heterocycles. The number of carbonyl (C=O) groups is 1. The highest BCUT2D eigenvalue weighted by Crippen LogP contribution is 2.23. The molecule has 11 heteroatoms. The molecule has 0 aromatic carbocycles. The smallest absolute Gasteiger partial charge is 0.249 e. The number of aliphatic hydroxyl groups is 7. The molecule has 9 atom stereocenters. The first-order chi connectivity index (χ1) is 35.7. The molecule has 1 heterocycles. The van der Waals surface area contributed by atoms with Crippen LogP contribution in [0.5, 0.6) is 0 Å². The number of nitrogens with one attached hydrogen (secondary N) is 1. The molecule has 1 fully saturated rings. The van der Waals surface area contributed by atoms with Crippen molar-refractivity contribution in [1.82, 2.24) is 5.32 Å². The molecule has 73 heavy (non-hydrogen) atoms. The van der Waals surface area contributed by atoms with Gasteiger partial charge < -0.3 is 50.5 Å². The third-order valence-corrected chi connectivity index (χ3v) is 15.2. The maximum absolute atomic E-state index is 13.2. The van der Waals surface area contributed by atoms with Crippen molar-refractivity contribution in [2.24, 2.45) is 0 Å². The minimum Gasteiger partial charge on any atom is -0.394 e. The van der Waals surface area contributed by atoms with Crippen molar-refractivity contribution in [2.45, 2.75) is 351 Å². The topological polar surface area (TPSA) is 189 Å². The van der Waals surface area contributed by atoms with E-state index in [4.69, 9.17) is 9.47 Å². The predicted octanol–water partition coefficient (Wildman–Crippen LogP) is 13.7. The van der Waals surface area contributed by atoms with Gasteiger partial charge in [0, 0.05) is 0 Å².